The topological polar surface area (TPSA) is 92.2 Å². The minimum absolute atomic E-state index is 0.540. The number of nitrogens with zero attached hydrogens (tertiary/aromatic N) is 1. The van der Waals surface area contributed by atoms with Crippen molar-refractivity contribution in [3.63, 3.8) is 0 Å². The zero-order chi connectivity index (χ0) is 14.1. The molecule has 0 amide bonds. The number of halogens is 3. The summed E-state index contributed by atoms with van der Waals surface area (Å²) in [6, 6.07) is -1.31. The lowest BCUT2D eigenvalue weighted by Gasteiger charge is -2.16. The van der Waals surface area contributed by atoms with Gasteiger partial charge < -0.3 is 5.11 Å². The molecule has 0 saturated carbocycles. The lowest BCUT2D eigenvalue weighted by atomic mass is 10.2. The minimum atomic E-state index is -4.50. The number of hydrogen-bond acceptors (Lipinski definition) is 3. The molecule has 1 atom stereocenters. The number of H-pyrrole nitrogens is 1. The van der Waals surface area contributed by atoms with Crippen molar-refractivity contribution in [3.8, 4) is 0 Å². The second kappa shape index (κ2) is 4.67. The first-order valence-corrected chi connectivity index (χ1v) is 4.77. The van der Waals surface area contributed by atoms with Gasteiger partial charge in [0.25, 0.3) is 5.56 Å². The van der Waals surface area contributed by atoms with E-state index >= 15 is 0 Å². The second-order valence-electron chi connectivity index (χ2n) is 3.68. The number of alkyl halides is 3. The Morgan fingerprint density at radius 2 is 2.06 bits per heavy atom. The molecule has 18 heavy (non-hydrogen) atoms. The van der Waals surface area contributed by atoms with Gasteiger partial charge in [0.2, 0.25) is 0 Å². The lowest BCUT2D eigenvalue weighted by molar-refractivity contribution is -0.141. The van der Waals surface area contributed by atoms with E-state index in [1.165, 1.54) is 0 Å². The first-order chi connectivity index (χ1) is 8.11. The number of aromatic amines is 1. The summed E-state index contributed by atoms with van der Waals surface area (Å²) in [5.41, 5.74) is -3.02. The maximum Gasteiger partial charge on any atom is 0.391 e. The third-order valence-corrected chi connectivity index (χ3v) is 2.20. The average Bonchev–Trinajstić information content (AvgIpc) is 2.13. The zero-order valence-corrected chi connectivity index (χ0v) is 9.11. The molecule has 0 saturated heterocycles. The first kappa shape index (κ1) is 14.0. The van der Waals surface area contributed by atoms with Gasteiger partial charge in [-0.15, -0.1) is 0 Å². The van der Waals surface area contributed by atoms with Crippen LogP contribution in [-0.4, -0.2) is 26.8 Å². The maximum atomic E-state index is 12.2. The van der Waals surface area contributed by atoms with E-state index in [4.69, 9.17) is 5.11 Å². The summed E-state index contributed by atoms with van der Waals surface area (Å²) in [5, 5.41) is 8.64. The van der Waals surface area contributed by atoms with Gasteiger partial charge in [0, 0.05) is 12.2 Å². The molecule has 1 aromatic heterocycles. The van der Waals surface area contributed by atoms with Crippen LogP contribution in [0.3, 0.4) is 0 Å². The van der Waals surface area contributed by atoms with Gasteiger partial charge >= 0.3 is 17.8 Å². The van der Waals surface area contributed by atoms with Gasteiger partial charge in [-0.25, -0.2) is 9.59 Å². The van der Waals surface area contributed by atoms with E-state index in [-0.39, 0.29) is 0 Å². The van der Waals surface area contributed by atoms with E-state index in [1.807, 2.05) is 0 Å². The Balaban J connectivity index is 3.25. The summed E-state index contributed by atoms with van der Waals surface area (Å²) in [4.78, 5) is 34.7. The van der Waals surface area contributed by atoms with Gasteiger partial charge in [-0.1, -0.05) is 0 Å². The van der Waals surface area contributed by atoms with Gasteiger partial charge in [0.05, 0.1) is 6.42 Å². The highest BCUT2D eigenvalue weighted by Gasteiger charge is 2.31. The van der Waals surface area contributed by atoms with E-state index in [0.717, 1.165) is 6.92 Å². The van der Waals surface area contributed by atoms with Gasteiger partial charge in [-0.3, -0.25) is 14.3 Å². The minimum Gasteiger partial charge on any atom is -0.477 e. The lowest BCUT2D eigenvalue weighted by Crippen LogP contribution is -2.35. The molecule has 9 heteroatoms. The van der Waals surface area contributed by atoms with Crippen LogP contribution in [0.5, 0.6) is 0 Å². The van der Waals surface area contributed by atoms with Crippen molar-refractivity contribution in [1.29, 1.82) is 0 Å². The molecule has 2 N–H and O–H groups in total. The number of carboxylic acid groups (broad SMARTS) is 1. The van der Waals surface area contributed by atoms with Crippen molar-refractivity contribution < 1.29 is 23.1 Å². The van der Waals surface area contributed by atoms with Crippen LogP contribution >= 0.6 is 0 Å². The van der Waals surface area contributed by atoms with Crippen molar-refractivity contribution in [3.05, 3.63) is 32.6 Å². The quantitative estimate of drug-likeness (QED) is 0.844. The summed E-state index contributed by atoms with van der Waals surface area (Å²) in [5.74, 6) is -1.62. The fourth-order valence-electron chi connectivity index (χ4n) is 1.40. The molecule has 0 fully saturated rings. The van der Waals surface area contributed by atoms with Crippen LogP contribution in [0, 0.1) is 0 Å². The normalized spacial score (nSPS) is 13.3. The van der Waals surface area contributed by atoms with Gasteiger partial charge in [-0.05, 0) is 6.92 Å². The fraction of sp³-hybridized carbons (Fsp3) is 0.444. The number of nitrogens with one attached hydrogen (secondary N) is 1. The predicted molar refractivity (Wildman–Crippen MR) is 53.7 cm³/mol. The summed E-state index contributed by atoms with van der Waals surface area (Å²) in [6.07, 6.45) is -5.20. The van der Waals surface area contributed by atoms with Crippen LogP contribution in [0.15, 0.2) is 15.8 Å². The molecule has 1 heterocycles. The van der Waals surface area contributed by atoms with Crippen LogP contribution in [0.2, 0.25) is 0 Å². The molecule has 1 aromatic rings. The van der Waals surface area contributed by atoms with Crippen LogP contribution in [0.1, 0.15) is 29.7 Å². The Labute approximate surface area is 97.7 Å². The number of aromatic carboxylic acids is 1. The molecular weight excluding hydrogens is 257 g/mol. The van der Waals surface area contributed by atoms with Crippen molar-refractivity contribution >= 4 is 5.97 Å². The van der Waals surface area contributed by atoms with Crippen molar-refractivity contribution in [1.82, 2.24) is 9.55 Å². The highest BCUT2D eigenvalue weighted by atomic mass is 19.4. The smallest absolute Gasteiger partial charge is 0.391 e. The fourth-order valence-corrected chi connectivity index (χ4v) is 1.40. The Kier molecular flexibility index (Phi) is 3.63. The Bertz CT molecular complexity index is 572. The number of rotatable bonds is 3. The summed E-state index contributed by atoms with van der Waals surface area (Å²) < 4.78 is 37.0. The second-order valence-corrected chi connectivity index (χ2v) is 3.68. The van der Waals surface area contributed by atoms with E-state index in [0.29, 0.717) is 10.8 Å². The van der Waals surface area contributed by atoms with Gasteiger partial charge in [0.1, 0.15) is 5.56 Å². The van der Waals surface area contributed by atoms with E-state index < -0.39 is 41.4 Å². The number of carboxylic acids is 1. The summed E-state index contributed by atoms with van der Waals surface area (Å²) >= 11 is 0. The summed E-state index contributed by atoms with van der Waals surface area (Å²) in [7, 11) is 0. The molecule has 0 aromatic carbocycles. The standard InChI is InChI=1S/C9H9F3N2O4/c1-4(2-9(10,11)12)14-3-5(7(16)17)6(15)13-8(14)18/h3-4H,2H2,1H3,(H,16,17)(H,13,15,18). The highest BCUT2D eigenvalue weighted by molar-refractivity contribution is 5.86. The Hall–Kier alpha value is -2.06. The zero-order valence-electron chi connectivity index (χ0n) is 9.11. The maximum absolute atomic E-state index is 12.2. The SMILES string of the molecule is CC(CC(F)(F)F)n1cc(C(=O)O)c(=O)[nH]c1=O. The third kappa shape index (κ3) is 3.22. The molecule has 0 aliphatic rings. The molecule has 0 aliphatic heterocycles. The van der Waals surface area contributed by atoms with Crippen LogP contribution in [0.25, 0.3) is 0 Å². The van der Waals surface area contributed by atoms with E-state index in [2.05, 4.69) is 0 Å². The van der Waals surface area contributed by atoms with Crippen LogP contribution < -0.4 is 11.2 Å². The molecule has 0 aliphatic carbocycles. The predicted octanol–water partition coefficient (Wildman–Crippen LogP) is 0.748. The Morgan fingerprint density at radius 3 is 2.50 bits per heavy atom. The molecular formula is C9H9F3N2O4. The molecule has 0 bridgehead atoms. The number of carbonyl (C=O) groups is 1. The van der Waals surface area contributed by atoms with Gasteiger partial charge in [0.15, 0.2) is 0 Å². The van der Waals surface area contributed by atoms with E-state index in [9.17, 15) is 27.6 Å². The van der Waals surface area contributed by atoms with Crippen molar-refractivity contribution in [2.24, 2.45) is 0 Å². The molecule has 1 unspecified atom stereocenters. The van der Waals surface area contributed by atoms with E-state index in [1.54, 1.807) is 4.98 Å². The van der Waals surface area contributed by atoms with Crippen LogP contribution in [0.4, 0.5) is 13.2 Å². The number of hydrogen-bond donors (Lipinski definition) is 2. The Morgan fingerprint density at radius 1 is 1.50 bits per heavy atom. The average molecular weight is 266 g/mol. The third-order valence-electron chi connectivity index (χ3n) is 2.20. The van der Waals surface area contributed by atoms with Crippen molar-refractivity contribution in [2.75, 3.05) is 0 Å². The summed E-state index contributed by atoms with van der Waals surface area (Å²) in [6.45, 7) is 1.10. The largest absolute Gasteiger partial charge is 0.477 e. The van der Waals surface area contributed by atoms with Crippen molar-refractivity contribution in [2.45, 2.75) is 25.6 Å². The monoisotopic (exact) mass is 266 g/mol. The van der Waals surface area contributed by atoms with Gasteiger partial charge in [-0.2, -0.15) is 13.2 Å². The highest BCUT2D eigenvalue weighted by Crippen LogP contribution is 2.26. The molecule has 1 rings (SSSR count). The first-order valence-electron chi connectivity index (χ1n) is 4.77. The van der Waals surface area contributed by atoms with Crippen LogP contribution in [-0.2, 0) is 0 Å². The molecule has 100 valence electrons. The molecule has 0 spiro atoms. The molecule has 0 radical (unpaired) electrons. The molecule has 6 nitrogen and oxygen atoms in total. The number of aromatic nitrogens is 2.